The molecule has 0 saturated carbocycles. The zero-order valence-corrected chi connectivity index (χ0v) is 17.3. The maximum Gasteiger partial charge on any atom is 0.251 e. The van der Waals surface area contributed by atoms with Crippen LogP contribution in [0.15, 0.2) is 36.4 Å². The highest BCUT2D eigenvalue weighted by Gasteiger charge is 2.24. The summed E-state index contributed by atoms with van der Waals surface area (Å²) in [5, 5.41) is 7.83. The van der Waals surface area contributed by atoms with Gasteiger partial charge < -0.3 is 15.4 Å². The molecule has 1 saturated heterocycles. The number of piperidine rings is 1. The Balaban J connectivity index is 1.41. The van der Waals surface area contributed by atoms with E-state index in [-0.39, 0.29) is 11.9 Å². The summed E-state index contributed by atoms with van der Waals surface area (Å²) in [4.78, 5) is 18.0. The van der Waals surface area contributed by atoms with Crippen molar-refractivity contribution in [3.63, 3.8) is 0 Å². The summed E-state index contributed by atoms with van der Waals surface area (Å²) >= 11 is 1.75. The fourth-order valence-electron chi connectivity index (χ4n) is 4.32. The SMILES string of the molecule is Cc1cc(C(=O)NC2CCOc3ccccc32)cc2sc(C3CCNCC3)nc12. The Labute approximate surface area is 174 Å². The van der Waals surface area contributed by atoms with Crippen LogP contribution in [0, 0.1) is 6.92 Å². The first-order valence-corrected chi connectivity index (χ1v) is 11.1. The summed E-state index contributed by atoms with van der Waals surface area (Å²) in [6.45, 7) is 4.78. The van der Waals surface area contributed by atoms with E-state index in [1.165, 1.54) is 5.01 Å². The first-order valence-electron chi connectivity index (χ1n) is 10.3. The molecular formula is C23H25N3O2S. The van der Waals surface area contributed by atoms with E-state index in [0.717, 1.165) is 59.4 Å². The van der Waals surface area contributed by atoms with Crippen molar-refractivity contribution in [3.8, 4) is 5.75 Å². The van der Waals surface area contributed by atoms with Crippen LogP contribution in [0.5, 0.6) is 5.75 Å². The molecule has 3 heterocycles. The Bertz CT molecular complexity index is 1060. The van der Waals surface area contributed by atoms with Crippen molar-refractivity contribution < 1.29 is 9.53 Å². The lowest BCUT2D eigenvalue weighted by atomic mass is 9.99. The predicted octanol–water partition coefficient (Wildman–Crippen LogP) is 4.33. The molecule has 0 aliphatic carbocycles. The Morgan fingerprint density at radius 3 is 2.90 bits per heavy atom. The van der Waals surface area contributed by atoms with Crippen molar-refractivity contribution in [2.75, 3.05) is 19.7 Å². The summed E-state index contributed by atoms with van der Waals surface area (Å²) in [6.07, 6.45) is 3.05. The Morgan fingerprint density at radius 2 is 2.03 bits per heavy atom. The number of aryl methyl sites for hydroxylation is 1. The van der Waals surface area contributed by atoms with Gasteiger partial charge in [-0.1, -0.05) is 18.2 Å². The van der Waals surface area contributed by atoms with Gasteiger partial charge in [0.1, 0.15) is 5.75 Å². The van der Waals surface area contributed by atoms with Gasteiger partial charge in [-0.3, -0.25) is 4.79 Å². The number of nitrogens with zero attached hydrogens (tertiary/aromatic N) is 1. The van der Waals surface area contributed by atoms with Crippen LogP contribution in [0.25, 0.3) is 10.2 Å². The second kappa shape index (κ2) is 7.76. The molecule has 0 bridgehead atoms. The molecule has 0 spiro atoms. The lowest BCUT2D eigenvalue weighted by Gasteiger charge is -2.26. The van der Waals surface area contributed by atoms with Crippen LogP contribution < -0.4 is 15.4 Å². The largest absolute Gasteiger partial charge is 0.493 e. The fourth-order valence-corrected chi connectivity index (χ4v) is 5.58. The van der Waals surface area contributed by atoms with E-state index in [0.29, 0.717) is 18.1 Å². The van der Waals surface area contributed by atoms with Crippen LogP contribution in [0.3, 0.4) is 0 Å². The number of rotatable bonds is 3. The van der Waals surface area contributed by atoms with Crippen LogP contribution in [0.2, 0.25) is 0 Å². The molecule has 29 heavy (non-hydrogen) atoms. The van der Waals surface area contributed by atoms with E-state index >= 15 is 0 Å². The first kappa shape index (κ1) is 18.6. The standard InChI is InChI=1S/C23H25N3O2S/c1-14-12-16(13-20-21(14)26-23(29-20)15-6-9-24-10-7-15)22(27)25-18-8-11-28-19-5-3-2-4-17(18)19/h2-5,12-13,15,18,24H,6-11H2,1H3,(H,25,27). The number of benzene rings is 2. The zero-order chi connectivity index (χ0) is 19.8. The van der Waals surface area contributed by atoms with E-state index in [2.05, 4.69) is 17.6 Å². The number of ether oxygens (including phenoxy) is 1. The van der Waals surface area contributed by atoms with Crippen molar-refractivity contribution >= 4 is 27.5 Å². The zero-order valence-electron chi connectivity index (χ0n) is 16.5. The lowest BCUT2D eigenvalue weighted by molar-refractivity contribution is 0.0925. The lowest BCUT2D eigenvalue weighted by Crippen LogP contribution is -2.32. The molecule has 2 aromatic carbocycles. The van der Waals surface area contributed by atoms with Crippen LogP contribution in [-0.4, -0.2) is 30.6 Å². The highest BCUT2D eigenvalue weighted by atomic mass is 32.1. The van der Waals surface area contributed by atoms with E-state index in [4.69, 9.17) is 9.72 Å². The predicted molar refractivity (Wildman–Crippen MR) is 116 cm³/mol. The van der Waals surface area contributed by atoms with Gasteiger partial charge in [-0.15, -0.1) is 11.3 Å². The Morgan fingerprint density at radius 1 is 1.21 bits per heavy atom. The van der Waals surface area contributed by atoms with E-state index in [1.807, 2.05) is 36.4 Å². The molecule has 1 unspecified atom stereocenters. The fraction of sp³-hybridized carbons (Fsp3) is 0.391. The van der Waals surface area contributed by atoms with Crippen LogP contribution in [-0.2, 0) is 0 Å². The number of para-hydroxylation sites is 1. The summed E-state index contributed by atoms with van der Waals surface area (Å²) in [5.74, 6) is 1.36. The number of hydrogen-bond acceptors (Lipinski definition) is 5. The third kappa shape index (κ3) is 3.63. The molecule has 1 fully saturated rings. The molecular weight excluding hydrogens is 382 g/mol. The molecule has 2 N–H and O–H groups in total. The highest BCUT2D eigenvalue weighted by molar-refractivity contribution is 7.18. The van der Waals surface area contributed by atoms with Crippen LogP contribution >= 0.6 is 11.3 Å². The second-order valence-electron chi connectivity index (χ2n) is 7.92. The van der Waals surface area contributed by atoms with Crippen molar-refractivity contribution in [2.45, 2.75) is 38.1 Å². The molecule has 2 aliphatic rings. The summed E-state index contributed by atoms with van der Waals surface area (Å²) < 4.78 is 6.82. The van der Waals surface area contributed by atoms with Crippen molar-refractivity contribution in [3.05, 3.63) is 58.1 Å². The van der Waals surface area contributed by atoms with Crippen molar-refractivity contribution in [2.24, 2.45) is 0 Å². The molecule has 150 valence electrons. The number of thiazole rings is 1. The van der Waals surface area contributed by atoms with E-state index < -0.39 is 0 Å². The van der Waals surface area contributed by atoms with Crippen LogP contribution in [0.1, 0.15) is 57.7 Å². The highest BCUT2D eigenvalue weighted by Crippen LogP contribution is 2.35. The van der Waals surface area contributed by atoms with Crippen molar-refractivity contribution in [1.29, 1.82) is 0 Å². The maximum atomic E-state index is 13.1. The monoisotopic (exact) mass is 407 g/mol. The number of carbonyl (C=O) groups is 1. The smallest absolute Gasteiger partial charge is 0.251 e. The number of carbonyl (C=O) groups excluding carboxylic acids is 1. The van der Waals surface area contributed by atoms with Crippen molar-refractivity contribution in [1.82, 2.24) is 15.6 Å². The van der Waals surface area contributed by atoms with E-state index in [9.17, 15) is 4.79 Å². The molecule has 1 atom stereocenters. The molecule has 0 radical (unpaired) electrons. The molecule has 1 aromatic heterocycles. The average Bonchev–Trinajstić information content (AvgIpc) is 3.20. The van der Waals surface area contributed by atoms with Gasteiger partial charge in [-0.05, 0) is 56.6 Å². The molecule has 3 aromatic rings. The minimum absolute atomic E-state index is 0.0183. The van der Waals surface area contributed by atoms with Gasteiger partial charge in [-0.2, -0.15) is 0 Å². The molecule has 1 amide bonds. The molecule has 6 heteroatoms. The summed E-state index contributed by atoms with van der Waals surface area (Å²) in [6, 6.07) is 11.9. The van der Waals surface area contributed by atoms with Gasteiger partial charge >= 0.3 is 0 Å². The van der Waals surface area contributed by atoms with Gasteiger partial charge in [0, 0.05) is 23.5 Å². The minimum Gasteiger partial charge on any atom is -0.493 e. The third-order valence-corrected chi connectivity index (χ3v) is 7.08. The number of hydrogen-bond donors (Lipinski definition) is 2. The number of nitrogens with one attached hydrogen (secondary N) is 2. The second-order valence-corrected chi connectivity index (χ2v) is 8.98. The normalized spacial score (nSPS) is 19.6. The van der Waals surface area contributed by atoms with Gasteiger partial charge in [0.05, 0.1) is 27.9 Å². The van der Waals surface area contributed by atoms with Crippen LogP contribution in [0.4, 0.5) is 0 Å². The maximum absolute atomic E-state index is 13.1. The molecule has 2 aliphatic heterocycles. The Kier molecular flexibility index (Phi) is 4.97. The first-order chi connectivity index (χ1) is 14.2. The molecule has 5 nitrogen and oxygen atoms in total. The number of aromatic nitrogens is 1. The minimum atomic E-state index is -0.0338. The van der Waals surface area contributed by atoms with Gasteiger partial charge in [0.2, 0.25) is 0 Å². The summed E-state index contributed by atoms with van der Waals surface area (Å²) in [7, 11) is 0. The number of amides is 1. The topological polar surface area (TPSA) is 63.2 Å². The molecule has 5 rings (SSSR count). The quantitative estimate of drug-likeness (QED) is 0.679. The van der Waals surface area contributed by atoms with Gasteiger partial charge in [-0.25, -0.2) is 4.98 Å². The average molecular weight is 408 g/mol. The third-order valence-electron chi connectivity index (χ3n) is 5.92. The summed E-state index contributed by atoms with van der Waals surface area (Å²) in [5.41, 5.74) is 3.86. The van der Waals surface area contributed by atoms with Gasteiger partial charge in [0.25, 0.3) is 5.91 Å². The van der Waals surface area contributed by atoms with Gasteiger partial charge in [0.15, 0.2) is 0 Å². The Hall–Kier alpha value is -2.44. The van der Waals surface area contributed by atoms with E-state index in [1.54, 1.807) is 11.3 Å². The number of fused-ring (bicyclic) bond motifs is 2.